The first-order valence-electron chi connectivity index (χ1n) is 2.46. The Morgan fingerprint density at radius 2 is 1.80 bits per heavy atom. The van der Waals surface area contributed by atoms with Gasteiger partial charge in [-0.2, -0.15) is 0 Å². The zero-order chi connectivity index (χ0) is 6.69. The van der Waals surface area contributed by atoms with E-state index in [1.807, 2.05) is 0 Å². The van der Waals surface area contributed by atoms with Crippen LogP contribution >= 0.6 is 0 Å². The molecule has 10 heavy (non-hydrogen) atoms. The monoisotopic (exact) mass is 282 g/mol. The SMILES string of the molecule is O=S(O)c1ccccc1.[Ba+2].[H-].[H-]. The minimum Gasteiger partial charge on any atom is -1.00 e. The van der Waals surface area contributed by atoms with Gasteiger partial charge in [0.1, 0.15) is 0 Å². The zero-order valence-electron chi connectivity index (χ0n) is 7.36. The molecule has 0 aliphatic heterocycles. The van der Waals surface area contributed by atoms with E-state index >= 15 is 0 Å². The molecule has 0 aliphatic carbocycles. The number of hydrogen-bond donors (Lipinski definition) is 1. The van der Waals surface area contributed by atoms with Crippen LogP contribution in [-0.2, 0) is 11.1 Å². The minimum atomic E-state index is -1.83. The van der Waals surface area contributed by atoms with Crippen molar-refractivity contribution in [3.63, 3.8) is 0 Å². The summed E-state index contributed by atoms with van der Waals surface area (Å²) in [6.45, 7) is 0. The first-order valence-corrected chi connectivity index (χ1v) is 3.57. The van der Waals surface area contributed by atoms with Crippen LogP contribution in [0.1, 0.15) is 2.85 Å². The summed E-state index contributed by atoms with van der Waals surface area (Å²) in [5.74, 6) is 0. The van der Waals surface area contributed by atoms with Crippen molar-refractivity contribution in [3.8, 4) is 0 Å². The molecule has 52 valence electrons. The van der Waals surface area contributed by atoms with E-state index in [0.29, 0.717) is 4.90 Å². The molecule has 0 amide bonds. The van der Waals surface area contributed by atoms with E-state index in [1.165, 1.54) is 0 Å². The topological polar surface area (TPSA) is 37.3 Å². The van der Waals surface area contributed by atoms with Crippen molar-refractivity contribution in [1.29, 1.82) is 0 Å². The van der Waals surface area contributed by atoms with Gasteiger partial charge in [0.25, 0.3) is 0 Å². The Balaban J connectivity index is -0.000000270. The van der Waals surface area contributed by atoms with Crippen LogP contribution in [0.15, 0.2) is 35.2 Å². The maximum absolute atomic E-state index is 10.3. The third-order valence-electron chi connectivity index (χ3n) is 0.945. The fraction of sp³-hybridized carbons (Fsp3) is 0. The molecule has 1 unspecified atom stereocenters. The Bertz CT molecular complexity index is 220. The maximum Gasteiger partial charge on any atom is 2.00 e. The van der Waals surface area contributed by atoms with Gasteiger partial charge in [-0.1, -0.05) is 18.2 Å². The van der Waals surface area contributed by atoms with Gasteiger partial charge in [-0.05, 0) is 12.1 Å². The molecule has 0 fully saturated rings. The predicted octanol–water partition coefficient (Wildman–Crippen LogP) is 1.11. The van der Waals surface area contributed by atoms with Crippen molar-refractivity contribution < 1.29 is 11.6 Å². The summed E-state index contributed by atoms with van der Waals surface area (Å²) in [4.78, 5) is 0.442. The normalized spacial score (nSPS) is 11.7. The average Bonchev–Trinajstić information content (AvgIpc) is 1.90. The van der Waals surface area contributed by atoms with Crippen molar-refractivity contribution in [1.82, 2.24) is 0 Å². The Hall–Kier alpha value is 0.901. The van der Waals surface area contributed by atoms with E-state index in [4.69, 9.17) is 4.55 Å². The zero-order valence-corrected chi connectivity index (χ0v) is 10.6. The molecule has 1 atom stereocenters. The molecule has 0 saturated carbocycles. The van der Waals surface area contributed by atoms with E-state index in [9.17, 15) is 4.21 Å². The molecule has 1 rings (SSSR count). The number of hydrogen-bond acceptors (Lipinski definition) is 1. The molecule has 0 radical (unpaired) electrons. The molecular formula is C6H8BaO2S. The van der Waals surface area contributed by atoms with Crippen LogP contribution in [0.2, 0.25) is 0 Å². The van der Waals surface area contributed by atoms with Crippen LogP contribution in [0.4, 0.5) is 0 Å². The second-order valence-electron chi connectivity index (χ2n) is 1.56. The molecule has 0 spiro atoms. The summed E-state index contributed by atoms with van der Waals surface area (Å²) in [7, 11) is 0. The fourth-order valence-corrected chi connectivity index (χ4v) is 0.927. The Labute approximate surface area is 105 Å². The molecule has 0 aromatic heterocycles. The van der Waals surface area contributed by atoms with Crippen LogP contribution in [0.25, 0.3) is 0 Å². The molecule has 2 nitrogen and oxygen atoms in total. The summed E-state index contributed by atoms with van der Waals surface area (Å²) in [5, 5.41) is 0. The summed E-state index contributed by atoms with van der Waals surface area (Å²) in [6, 6.07) is 8.47. The molecule has 1 aromatic rings. The smallest absolute Gasteiger partial charge is 1.00 e. The Kier molecular flexibility index (Phi) is 6.04. The van der Waals surface area contributed by atoms with Crippen LogP contribution in [0.3, 0.4) is 0 Å². The molecule has 4 heteroatoms. The minimum absolute atomic E-state index is 0. The van der Waals surface area contributed by atoms with Gasteiger partial charge < -0.3 is 7.41 Å². The Morgan fingerprint density at radius 1 is 1.30 bits per heavy atom. The third kappa shape index (κ3) is 3.34. The van der Waals surface area contributed by atoms with Crippen molar-refractivity contribution in [3.05, 3.63) is 30.3 Å². The molecule has 0 bridgehead atoms. The Morgan fingerprint density at radius 3 is 2.10 bits per heavy atom. The molecular weight excluding hydrogens is 273 g/mol. The molecule has 1 N–H and O–H groups in total. The molecule has 0 saturated heterocycles. The van der Waals surface area contributed by atoms with Crippen LogP contribution < -0.4 is 0 Å². The van der Waals surface area contributed by atoms with Gasteiger partial charge in [0.05, 0.1) is 4.90 Å². The van der Waals surface area contributed by atoms with E-state index in [-0.39, 0.29) is 51.7 Å². The van der Waals surface area contributed by atoms with Crippen molar-refractivity contribution >= 4 is 60.0 Å². The van der Waals surface area contributed by atoms with E-state index < -0.39 is 11.1 Å². The molecule has 0 heterocycles. The van der Waals surface area contributed by atoms with Crippen molar-refractivity contribution in [2.24, 2.45) is 0 Å². The van der Waals surface area contributed by atoms with Gasteiger partial charge in [0.2, 0.25) is 0 Å². The van der Waals surface area contributed by atoms with E-state index in [1.54, 1.807) is 30.3 Å². The van der Waals surface area contributed by atoms with Gasteiger partial charge in [0.15, 0.2) is 11.1 Å². The summed E-state index contributed by atoms with van der Waals surface area (Å²) >= 11 is -1.83. The fourth-order valence-electron chi connectivity index (χ4n) is 0.537. The second-order valence-corrected chi connectivity index (χ2v) is 2.53. The average molecular weight is 282 g/mol. The predicted molar refractivity (Wildman–Crippen MR) is 43.5 cm³/mol. The summed E-state index contributed by atoms with van der Waals surface area (Å²) in [5.41, 5.74) is 0. The van der Waals surface area contributed by atoms with Gasteiger partial charge in [0, 0.05) is 0 Å². The maximum atomic E-state index is 10.3. The van der Waals surface area contributed by atoms with Crippen molar-refractivity contribution in [2.45, 2.75) is 4.90 Å². The van der Waals surface area contributed by atoms with Gasteiger partial charge >= 0.3 is 48.9 Å². The van der Waals surface area contributed by atoms with Crippen LogP contribution in [0, 0.1) is 0 Å². The van der Waals surface area contributed by atoms with Gasteiger partial charge in [-0.25, -0.2) is 4.21 Å². The standard InChI is InChI=1S/C6H6O2S.Ba.2H/c7-9(8)6-4-2-1-3-5-6;;;/h1-5H,(H,7,8);;;/q;+2;2*-1. The van der Waals surface area contributed by atoms with Crippen LogP contribution in [0.5, 0.6) is 0 Å². The third-order valence-corrected chi connectivity index (χ3v) is 1.62. The quantitative estimate of drug-likeness (QED) is 0.618. The van der Waals surface area contributed by atoms with E-state index in [2.05, 4.69) is 0 Å². The van der Waals surface area contributed by atoms with Crippen LogP contribution in [-0.4, -0.2) is 57.6 Å². The van der Waals surface area contributed by atoms with Crippen molar-refractivity contribution in [2.75, 3.05) is 0 Å². The summed E-state index contributed by atoms with van der Waals surface area (Å²) in [6.07, 6.45) is 0. The first-order chi connectivity index (χ1) is 4.30. The largest absolute Gasteiger partial charge is 2.00 e. The molecule has 1 aromatic carbocycles. The van der Waals surface area contributed by atoms with Gasteiger partial charge in [-0.3, -0.25) is 0 Å². The second kappa shape index (κ2) is 5.54. The van der Waals surface area contributed by atoms with E-state index in [0.717, 1.165) is 0 Å². The molecule has 0 aliphatic rings. The summed E-state index contributed by atoms with van der Waals surface area (Å²) < 4.78 is 18.8. The number of rotatable bonds is 1. The van der Waals surface area contributed by atoms with Gasteiger partial charge in [-0.15, -0.1) is 0 Å². The number of benzene rings is 1. The first kappa shape index (κ1) is 10.9.